The van der Waals surface area contributed by atoms with E-state index in [9.17, 15) is 0 Å². The van der Waals surface area contributed by atoms with E-state index in [1.807, 2.05) is 0 Å². The van der Waals surface area contributed by atoms with Gasteiger partial charge in [-0.1, -0.05) is 32.6 Å². The van der Waals surface area contributed by atoms with Gasteiger partial charge in [0.1, 0.15) is 0 Å². The molecule has 0 aromatic rings. The zero-order chi connectivity index (χ0) is 10.2. The molecular weight excluding hydrogens is 172 g/mol. The standard InChI is InChI=1S/C12H26N2/c1-2-3-4-5-6-9-14-10-7-12(13)8-11-14/h12H,2-11,13H2,1H3. The highest BCUT2D eigenvalue weighted by Crippen LogP contribution is 2.10. The largest absolute Gasteiger partial charge is 0.328 e. The van der Waals surface area contributed by atoms with Crippen LogP contribution in [0.25, 0.3) is 0 Å². The molecule has 0 saturated carbocycles. The van der Waals surface area contributed by atoms with E-state index < -0.39 is 0 Å². The highest BCUT2D eigenvalue weighted by Gasteiger charge is 2.14. The van der Waals surface area contributed by atoms with Crippen molar-refractivity contribution in [3.8, 4) is 0 Å². The number of hydrogen-bond acceptors (Lipinski definition) is 2. The van der Waals surface area contributed by atoms with E-state index in [4.69, 9.17) is 5.73 Å². The topological polar surface area (TPSA) is 29.3 Å². The first-order valence-electron chi connectivity index (χ1n) is 6.31. The fourth-order valence-electron chi connectivity index (χ4n) is 2.12. The summed E-state index contributed by atoms with van der Waals surface area (Å²) in [5, 5.41) is 0. The molecule has 1 fully saturated rings. The lowest BCUT2D eigenvalue weighted by atomic mass is 10.1. The summed E-state index contributed by atoms with van der Waals surface area (Å²) in [7, 11) is 0. The van der Waals surface area contributed by atoms with Crippen LogP contribution in [-0.4, -0.2) is 30.6 Å². The Balaban J connectivity index is 1.91. The molecule has 0 atom stereocenters. The Morgan fingerprint density at radius 1 is 1.07 bits per heavy atom. The molecule has 84 valence electrons. The van der Waals surface area contributed by atoms with Crippen LogP contribution in [0.5, 0.6) is 0 Å². The maximum absolute atomic E-state index is 5.86. The molecule has 1 rings (SSSR count). The molecule has 14 heavy (non-hydrogen) atoms. The van der Waals surface area contributed by atoms with E-state index >= 15 is 0 Å². The number of hydrogen-bond donors (Lipinski definition) is 1. The predicted molar refractivity (Wildman–Crippen MR) is 62.4 cm³/mol. The zero-order valence-corrected chi connectivity index (χ0v) is 9.67. The second-order valence-corrected chi connectivity index (χ2v) is 4.59. The molecule has 0 unspecified atom stereocenters. The Morgan fingerprint density at radius 2 is 1.71 bits per heavy atom. The molecule has 1 aliphatic heterocycles. The van der Waals surface area contributed by atoms with Crippen LogP contribution in [0, 0.1) is 0 Å². The minimum atomic E-state index is 0.478. The molecule has 1 heterocycles. The molecule has 0 bridgehead atoms. The molecule has 0 spiro atoms. The molecule has 1 saturated heterocycles. The van der Waals surface area contributed by atoms with Gasteiger partial charge >= 0.3 is 0 Å². The van der Waals surface area contributed by atoms with Gasteiger partial charge in [0, 0.05) is 6.04 Å². The summed E-state index contributed by atoms with van der Waals surface area (Å²) in [6.07, 6.45) is 9.38. The molecule has 2 heteroatoms. The molecule has 0 aliphatic carbocycles. The van der Waals surface area contributed by atoms with E-state index in [0.29, 0.717) is 6.04 Å². The van der Waals surface area contributed by atoms with Crippen LogP contribution in [-0.2, 0) is 0 Å². The van der Waals surface area contributed by atoms with Gasteiger partial charge in [0.15, 0.2) is 0 Å². The highest BCUT2D eigenvalue weighted by molar-refractivity contribution is 4.73. The van der Waals surface area contributed by atoms with Gasteiger partial charge in [-0.15, -0.1) is 0 Å². The smallest absolute Gasteiger partial charge is 0.00631 e. The lowest BCUT2D eigenvalue weighted by Crippen LogP contribution is -2.39. The van der Waals surface area contributed by atoms with Crippen molar-refractivity contribution in [3.05, 3.63) is 0 Å². The fourth-order valence-corrected chi connectivity index (χ4v) is 2.12. The van der Waals surface area contributed by atoms with Crippen molar-refractivity contribution in [2.24, 2.45) is 5.73 Å². The Morgan fingerprint density at radius 3 is 2.36 bits per heavy atom. The molecule has 0 amide bonds. The van der Waals surface area contributed by atoms with Crippen LogP contribution in [0.2, 0.25) is 0 Å². The summed E-state index contributed by atoms with van der Waals surface area (Å²) in [4.78, 5) is 2.58. The van der Waals surface area contributed by atoms with Gasteiger partial charge in [0.2, 0.25) is 0 Å². The van der Waals surface area contributed by atoms with E-state index in [1.54, 1.807) is 0 Å². The minimum absolute atomic E-state index is 0.478. The van der Waals surface area contributed by atoms with Gasteiger partial charge < -0.3 is 10.6 Å². The summed E-state index contributed by atoms with van der Waals surface area (Å²) in [6, 6.07) is 0.478. The van der Waals surface area contributed by atoms with Gasteiger partial charge in [0.25, 0.3) is 0 Å². The van der Waals surface area contributed by atoms with Crippen LogP contribution < -0.4 is 5.73 Å². The number of nitrogens with zero attached hydrogens (tertiary/aromatic N) is 1. The van der Waals surface area contributed by atoms with Crippen LogP contribution >= 0.6 is 0 Å². The van der Waals surface area contributed by atoms with Gasteiger partial charge in [-0.2, -0.15) is 0 Å². The summed E-state index contributed by atoms with van der Waals surface area (Å²) in [5.74, 6) is 0. The maximum Gasteiger partial charge on any atom is 0.00631 e. The van der Waals surface area contributed by atoms with Gasteiger partial charge in [-0.25, -0.2) is 0 Å². The normalized spacial score (nSPS) is 20.1. The van der Waals surface area contributed by atoms with Crippen molar-refractivity contribution >= 4 is 0 Å². The van der Waals surface area contributed by atoms with Crippen molar-refractivity contribution in [1.29, 1.82) is 0 Å². The summed E-state index contributed by atoms with van der Waals surface area (Å²) in [6.45, 7) is 6.03. The molecule has 1 aliphatic rings. The molecule has 0 aromatic carbocycles. The number of likely N-dealkylation sites (tertiary alicyclic amines) is 1. The molecular formula is C12H26N2. The fraction of sp³-hybridized carbons (Fsp3) is 1.00. The van der Waals surface area contributed by atoms with Crippen LogP contribution in [0.3, 0.4) is 0 Å². The van der Waals surface area contributed by atoms with Crippen molar-refractivity contribution < 1.29 is 0 Å². The van der Waals surface area contributed by atoms with Gasteiger partial charge in [-0.3, -0.25) is 0 Å². The van der Waals surface area contributed by atoms with E-state index in [2.05, 4.69) is 11.8 Å². The van der Waals surface area contributed by atoms with Crippen molar-refractivity contribution in [2.45, 2.75) is 57.9 Å². The van der Waals surface area contributed by atoms with E-state index in [0.717, 1.165) is 0 Å². The molecule has 2 nitrogen and oxygen atoms in total. The number of unbranched alkanes of at least 4 members (excludes halogenated alkanes) is 4. The average Bonchev–Trinajstić information content (AvgIpc) is 2.21. The Kier molecular flexibility index (Phi) is 6.20. The molecule has 2 N–H and O–H groups in total. The van der Waals surface area contributed by atoms with Crippen molar-refractivity contribution in [3.63, 3.8) is 0 Å². The van der Waals surface area contributed by atoms with Crippen LogP contribution in [0.15, 0.2) is 0 Å². The Labute approximate surface area is 88.8 Å². The van der Waals surface area contributed by atoms with Gasteiger partial charge in [0.05, 0.1) is 0 Å². The zero-order valence-electron chi connectivity index (χ0n) is 9.67. The number of rotatable bonds is 6. The summed E-state index contributed by atoms with van der Waals surface area (Å²) < 4.78 is 0. The first kappa shape index (κ1) is 12.0. The maximum atomic E-state index is 5.86. The third kappa shape index (κ3) is 4.97. The number of piperidine rings is 1. The second kappa shape index (κ2) is 7.24. The summed E-state index contributed by atoms with van der Waals surface area (Å²) in [5.41, 5.74) is 5.86. The Hall–Kier alpha value is -0.0800. The first-order chi connectivity index (χ1) is 6.83. The Bertz CT molecular complexity index is 128. The van der Waals surface area contributed by atoms with E-state index in [1.165, 1.54) is 64.6 Å². The first-order valence-corrected chi connectivity index (χ1v) is 6.31. The quantitative estimate of drug-likeness (QED) is 0.664. The second-order valence-electron chi connectivity index (χ2n) is 4.59. The van der Waals surface area contributed by atoms with Crippen molar-refractivity contribution in [1.82, 2.24) is 4.90 Å². The van der Waals surface area contributed by atoms with Gasteiger partial charge in [-0.05, 0) is 38.9 Å². The predicted octanol–water partition coefficient (Wildman–Crippen LogP) is 2.38. The lowest BCUT2D eigenvalue weighted by molar-refractivity contribution is 0.209. The third-order valence-electron chi connectivity index (χ3n) is 3.21. The van der Waals surface area contributed by atoms with Crippen LogP contribution in [0.1, 0.15) is 51.9 Å². The lowest BCUT2D eigenvalue weighted by Gasteiger charge is -2.29. The van der Waals surface area contributed by atoms with Crippen LogP contribution in [0.4, 0.5) is 0 Å². The SMILES string of the molecule is CCCCCCCN1CCC(N)CC1. The van der Waals surface area contributed by atoms with E-state index in [-0.39, 0.29) is 0 Å². The summed E-state index contributed by atoms with van der Waals surface area (Å²) >= 11 is 0. The monoisotopic (exact) mass is 198 g/mol. The minimum Gasteiger partial charge on any atom is -0.328 e. The molecule has 0 radical (unpaired) electrons. The highest BCUT2D eigenvalue weighted by atomic mass is 15.1. The number of nitrogens with two attached hydrogens (primary N) is 1. The third-order valence-corrected chi connectivity index (χ3v) is 3.21. The average molecular weight is 198 g/mol. The van der Waals surface area contributed by atoms with Crippen molar-refractivity contribution in [2.75, 3.05) is 19.6 Å². The molecule has 0 aromatic heterocycles.